The average molecular weight is 398 g/mol. The van der Waals surface area contributed by atoms with E-state index in [2.05, 4.69) is 39.1 Å². The molecule has 2 N–H and O–H groups in total. The quantitative estimate of drug-likeness (QED) is 0.495. The molecule has 1 atom stereocenters. The number of nitrogens with one attached hydrogen (secondary N) is 2. The molecule has 0 saturated carbocycles. The van der Waals surface area contributed by atoms with Crippen LogP contribution in [0.4, 0.5) is 8.78 Å². The summed E-state index contributed by atoms with van der Waals surface area (Å²) in [6, 6.07) is 5.19. The number of ether oxygens (including phenoxy) is 2. The van der Waals surface area contributed by atoms with Crippen molar-refractivity contribution in [2.75, 3.05) is 33.8 Å². The van der Waals surface area contributed by atoms with Crippen molar-refractivity contribution in [2.45, 2.75) is 45.9 Å². The Balaban J connectivity index is 1.97. The number of hydrogen-bond donors (Lipinski definition) is 2. The second-order valence-electron chi connectivity index (χ2n) is 7.21. The normalized spacial score (nSPS) is 16.5. The second kappa shape index (κ2) is 11.0. The molecule has 0 radical (unpaired) electrons. The highest BCUT2D eigenvalue weighted by Gasteiger charge is 2.24. The first-order valence-electron chi connectivity index (χ1n) is 9.75. The van der Waals surface area contributed by atoms with Crippen LogP contribution in [0.1, 0.15) is 32.3 Å². The standard InChI is InChI=1S/C20H32F2N4O2/c1-14(2)17(26-9-5-6-10-26)13-25-20(23-3)24-12-15-11-16(27-4)7-8-18(15)28-19(21)22/h7-8,11,14,17,19H,5-6,9-10,12-13H2,1-4H3,(H2,23,24,25). The molecule has 1 fully saturated rings. The summed E-state index contributed by atoms with van der Waals surface area (Å²) in [5, 5.41) is 6.54. The Bertz CT molecular complexity index is 635. The van der Waals surface area contributed by atoms with Gasteiger partial charge in [0.15, 0.2) is 5.96 Å². The van der Waals surface area contributed by atoms with Gasteiger partial charge in [-0.1, -0.05) is 13.8 Å². The number of likely N-dealkylation sites (tertiary alicyclic amines) is 1. The van der Waals surface area contributed by atoms with Gasteiger partial charge in [0.25, 0.3) is 0 Å². The molecule has 0 spiro atoms. The highest BCUT2D eigenvalue weighted by molar-refractivity contribution is 5.79. The molecule has 8 heteroatoms. The molecule has 1 aliphatic rings. The number of aliphatic imine (C=N–C) groups is 1. The number of methoxy groups -OCH3 is 1. The van der Waals surface area contributed by atoms with Gasteiger partial charge in [0.05, 0.1) is 7.11 Å². The molecule has 0 bridgehead atoms. The van der Waals surface area contributed by atoms with Crippen molar-refractivity contribution in [1.29, 1.82) is 0 Å². The minimum absolute atomic E-state index is 0.121. The molecular weight excluding hydrogens is 366 g/mol. The molecule has 0 aliphatic carbocycles. The van der Waals surface area contributed by atoms with Crippen LogP contribution in [0.2, 0.25) is 0 Å². The van der Waals surface area contributed by atoms with E-state index in [1.165, 1.54) is 26.0 Å². The zero-order valence-electron chi connectivity index (χ0n) is 17.2. The average Bonchev–Trinajstić information content (AvgIpc) is 3.19. The van der Waals surface area contributed by atoms with E-state index < -0.39 is 6.61 Å². The lowest BCUT2D eigenvalue weighted by atomic mass is 10.0. The minimum Gasteiger partial charge on any atom is -0.497 e. The van der Waals surface area contributed by atoms with Gasteiger partial charge in [-0.3, -0.25) is 9.89 Å². The van der Waals surface area contributed by atoms with E-state index in [0.29, 0.717) is 29.2 Å². The van der Waals surface area contributed by atoms with Gasteiger partial charge in [0.1, 0.15) is 11.5 Å². The molecule has 158 valence electrons. The van der Waals surface area contributed by atoms with E-state index in [-0.39, 0.29) is 12.3 Å². The van der Waals surface area contributed by atoms with E-state index >= 15 is 0 Å². The minimum atomic E-state index is -2.88. The zero-order chi connectivity index (χ0) is 20.5. The monoisotopic (exact) mass is 398 g/mol. The lowest BCUT2D eigenvalue weighted by Gasteiger charge is -2.31. The van der Waals surface area contributed by atoms with Crippen LogP contribution in [-0.4, -0.2) is 57.3 Å². The van der Waals surface area contributed by atoms with Gasteiger partial charge in [-0.2, -0.15) is 8.78 Å². The van der Waals surface area contributed by atoms with Gasteiger partial charge in [-0.05, 0) is 50.0 Å². The summed E-state index contributed by atoms with van der Waals surface area (Å²) in [6.45, 7) is 4.90. The lowest BCUT2D eigenvalue weighted by Crippen LogP contribution is -2.48. The van der Waals surface area contributed by atoms with E-state index in [0.717, 1.165) is 19.6 Å². The van der Waals surface area contributed by atoms with Crippen LogP contribution in [-0.2, 0) is 6.54 Å². The van der Waals surface area contributed by atoms with Crippen LogP contribution in [0.25, 0.3) is 0 Å². The number of benzene rings is 1. The molecule has 1 saturated heterocycles. The van der Waals surface area contributed by atoms with Crippen molar-refractivity contribution in [2.24, 2.45) is 10.9 Å². The highest BCUT2D eigenvalue weighted by atomic mass is 19.3. The molecule has 0 aromatic heterocycles. The summed E-state index contributed by atoms with van der Waals surface area (Å²) < 4.78 is 35.1. The molecule has 2 rings (SSSR count). The summed E-state index contributed by atoms with van der Waals surface area (Å²) in [4.78, 5) is 6.77. The fourth-order valence-electron chi connectivity index (χ4n) is 3.49. The Morgan fingerprint density at radius 2 is 1.93 bits per heavy atom. The van der Waals surface area contributed by atoms with Gasteiger partial charge in [-0.15, -0.1) is 0 Å². The maximum Gasteiger partial charge on any atom is 0.387 e. The van der Waals surface area contributed by atoms with Crippen LogP contribution >= 0.6 is 0 Å². The first kappa shape index (κ1) is 22.2. The lowest BCUT2D eigenvalue weighted by molar-refractivity contribution is -0.0504. The molecule has 1 unspecified atom stereocenters. The predicted molar refractivity (Wildman–Crippen MR) is 107 cm³/mol. The highest BCUT2D eigenvalue weighted by Crippen LogP contribution is 2.25. The Morgan fingerprint density at radius 1 is 1.21 bits per heavy atom. The SMILES string of the molecule is CN=C(NCc1cc(OC)ccc1OC(F)F)NCC(C(C)C)N1CCCC1. The number of halogens is 2. The summed E-state index contributed by atoms with van der Waals surface area (Å²) in [5.74, 6) is 1.84. The fraction of sp³-hybridized carbons (Fsp3) is 0.650. The predicted octanol–water partition coefficient (Wildman–Crippen LogP) is 3.08. The topological polar surface area (TPSA) is 58.1 Å². The summed E-state index contributed by atoms with van der Waals surface area (Å²) in [6.07, 6.45) is 2.50. The molecule has 6 nitrogen and oxygen atoms in total. The Hall–Kier alpha value is -2.09. The second-order valence-corrected chi connectivity index (χ2v) is 7.21. The number of nitrogens with zero attached hydrogens (tertiary/aromatic N) is 2. The molecular formula is C20H32F2N4O2. The van der Waals surface area contributed by atoms with Gasteiger partial charge in [0, 0.05) is 31.7 Å². The third-order valence-corrected chi connectivity index (χ3v) is 5.01. The van der Waals surface area contributed by atoms with Crippen molar-refractivity contribution in [1.82, 2.24) is 15.5 Å². The molecule has 1 aliphatic heterocycles. The molecule has 1 heterocycles. The number of alkyl halides is 2. The van der Waals surface area contributed by atoms with E-state index in [9.17, 15) is 8.78 Å². The first-order chi connectivity index (χ1) is 13.4. The Morgan fingerprint density at radius 3 is 2.50 bits per heavy atom. The fourth-order valence-corrected chi connectivity index (χ4v) is 3.49. The third kappa shape index (κ3) is 6.51. The van der Waals surface area contributed by atoms with E-state index in [1.54, 1.807) is 19.2 Å². The maximum atomic E-state index is 12.7. The Kier molecular flexibility index (Phi) is 8.76. The number of hydrogen-bond acceptors (Lipinski definition) is 4. The van der Waals surface area contributed by atoms with Crippen LogP contribution in [0.3, 0.4) is 0 Å². The van der Waals surface area contributed by atoms with Gasteiger partial charge in [0.2, 0.25) is 0 Å². The van der Waals surface area contributed by atoms with Crippen LogP contribution in [0, 0.1) is 5.92 Å². The molecule has 1 aromatic rings. The van der Waals surface area contributed by atoms with Gasteiger partial charge < -0.3 is 20.1 Å². The summed E-state index contributed by atoms with van der Waals surface area (Å²) >= 11 is 0. The molecule has 0 amide bonds. The summed E-state index contributed by atoms with van der Waals surface area (Å²) in [5.41, 5.74) is 0.572. The van der Waals surface area contributed by atoms with Crippen molar-refractivity contribution in [3.63, 3.8) is 0 Å². The van der Waals surface area contributed by atoms with Crippen molar-refractivity contribution in [3.05, 3.63) is 23.8 Å². The summed E-state index contributed by atoms with van der Waals surface area (Å²) in [7, 11) is 3.22. The molecule has 1 aromatic carbocycles. The molecule has 28 heavy (non-hydrogen) atoms. The van der Waals surface area contributed by atoms with Crippen LogP contribution in [0.15, 0.2) is 23.2 Å². The number of rotatable bonds is 9. The first-order valence-corrected chi connectivity index (χ1v) is 9.75. The smallest absolute Gasteiger partial charge is 0.387 e. The van der Waals surface area contributed by atoms with E-state index in [1.807, 2.05) is 0 Å². The van der Waals surface area contributed by atoms with Crippen LogP contribution < -0.4 is 20.1 Å². The zero-order valence-corrected chi connectivity index (χ0v) is 17.2. The Labute approximate surface area is 166 Å². The van der Waals surface area contributed by atoms with Crippen molar-refractivity contribution in [3.8, 4) is 11.5 Å². The third-order valence-electron chi connectivity index (χ3n) is 5.01. The van der Waals surface area contributed by atoms with Gasteiger partial charge >= 0.3 is 6.61 Å². The van der Waals surface area contributed by atoms with E-state index in [4.69, 9.17) is 4.74 Å². The van der Waals surface area contributed by atoms with Crippen molar-refractivity contribution < 1.29 is 18.3 Å². The van der Waals surface area contributed by atoms with Crippen molar-refractivity contribution >= 4 is 5.96 Å². The maximum absolute atomic E-state index is 12.7. The number of guanidine groups is 1. The largest absolute Gasteiger partial charge is 0.497 e. The van der Waals surface area contributed by atoms with Gasteiger partial charge in [-0.25, -0.2) is 0 Å². The van der Waals surface area contributed by atoms with Crippen LogP contribution in [0.5, 0.6) is 11.5 Å².